The molecule has 1 saturated heterocycles. The summed E-state index contributed by atoms with van der Waals surface area (Å²) < 4.78 is 24.5. The van der Waals surface area contributed by atoms with Crippen LogP contribution in [0.25, 0.3) is 0 Å². The zero-order valence-corrected chi connectivity index (χ0v) is 16.9. The van der Waals surface area contributed by atoms with E-state index in [0.29, 0.717) is 37.6 Å². The molecule has 1 aromatic carbocycles. The number of aromatic nitrogens is 1. The van der Waals surface area contributed by atoms with Crippen LogP contribution in [0, 0.1) is 5.82 Å². The largest absolute Gasteiger partial charge is 0.496 e. The van der Waals surface area contributed by atoms with E-state index in [0.717, 1.165) is 24.1 Å². The van der Waals surface area contributed by atoms with Crippen LogP contribution in [0.4, 0.5) is 10.1 Å². The van der Waals surface area contributed by atoms with E-state index >= 15 is 0 Å². The lowest BCUT2D eigenvalue weighted by atomic mass is 10.0. The maximum Gasteiger partial charge on any atom is 0.270 e. The Morgan fingerprint density at radius 1 is 1.40 bits per heavy atom. The molecule has 30 heavy (non-hydrogen) atoms. The number of halogens is 1. The van der Waals surface area contributed by atoms with Crippen molar-refractivity contribution >= 4 is 11.6 Å². The molecular weight excluding hydrogens is 389 g/mol. The van der Waals surface area contributed by atoms with Crippen molar-refractivity contribution in [3.8, 4) is 5.75 Å². The number of hydrogen-bond acceptors (Lipinski definition) is 6. The average Bonchev–Trinajstić information content (AvgIpc) is 3.52. The standard InChI is InChI=1S/C22H26FN3O4/c1-29-20-3-2-16(23)10-15(20)12-22(5-6-22)25-21(28)19-11-17(4-7-24-19)26-8-9-30-18(13-26)14-27/h2-4,7,10-11,18,27H,5-6,8-9,12-14H2,1H3,(H,25,28)/t18-/m1/s1. The Kier molecular flexibility index (Phi) is 5.87. The lowest BCUT2D eigenvalue weighted by Crippen LogP contribution is -2.44. The van der Waals surface area contributed by atoms with Gasteiger partial charge < -0.3 is 24.8 Å². The number of morpholine rings is 1. The molecule has 160 valence electrons. The summed E-state index contributed by atoms with van der Waals surface area (Å²) in [4.78, 5) is 19.2. The normalized spacial score (nSPS) is 20.0. The summed E-state index contributed by atoms with van der Waals surface area (Å²) in [5.41, 5.74) is 1.53. The fourth-order valence-corrected chi connectivity index (χ4v) is 3.86. The minimum Gasteiger partial charge on any atom is -0.496 e. The topological polar surface area (TPSA) is 83.9 Å². The van der Waals surface area contributed by atoms with E-state index in [1.807, 2.05) is 6.07 Å². The van der Waals surface area contributed by atoms with E-state index in [4.69, 9.17) is 9.47 Å². The quantitative estimate of drug-likeness (QED) is 0.719. The zero-order chi connectivity index (χ0) is 21.1. The molecule has 1 aromatic heterocycles. The first-order valence-corrected chi connectivity index (χ1v) is 10.1. The number of pyridine rings is 1. The van der Waals surface area contributed by atoms with Gasteiger partial charge in [0.05, 0.1) is 26.4 Å². The molecule has 2 heterocycles. The van der Waals surface area contributed by atoms with Crippen LogP contribution in [-0.2, 0) is 11.2 Å². The molecule has 0 unspecified atom stereocenters. The smallest absolute Gasteiger partial charge is 0.270 e. The van der Waals surface area contributed by atoms with Crippen molar-refractivity contribution in [3.63, 3.8) is 0 Å². The lowest BCUT2D eigenvalue weighted by molar-refractivity contribution is 0.00356. The van der Waals surface area contributed by atoms with Crippen LogP contribution in [0.15, 0.2) is 36.5 Å². The molecule has 1 amide bonds. The van der Waals surface area contributed by atoms with Crippen molar-refractivity contribution < 1.29 is 23.8 Å². The maximum atomic E-state index is 13.7. The maximum absolute atomic E-state index is 13.7. The number of anilines is 1. The molecule has 0 bridgehead atoms. The van der Waals surface area contributed by atoms with Gasteiger partial charge in [-0.2, -0.15) is 0 Å². The second-order valence-corrected chi connectivity index (χ2v) is 7.89. The van der Waals surface area contributed by atoms with Crippen LogP contribution in [-0.4, -0.2) is 61.1 Å². The molecule has 7 nitrogen and oxygen atoms in total. The van der Waals surface area contributed by atoms with Crippen LogP contribution in [0.5, 0.6) is 5.75 Å². The lowest BCUT2D eigenvalue weighted by Gasteiger charge is -2.33. The van der Waals surface area contributed by atoms with Gasteiger partial charge in [-0.05, 0) is 55.2 Å². The first kappa shape index (κ1) is 20.6. The minimum atomic E-state index is -0.406. The Labute approximate surface area is 174 Å². The predicted octanol–water partition coefficient (Wildman–Crippen LogP) is 1.93. The van der Waals surface area contributed by atoms with E-state index in [-0.39, 0.29) is 24.4 Å². The van der Waals surface area contributed by atoms with Gasteiger partial charge in [-0.1, -0.05) is 0 Å². The van der Waals surface area contributed by atoms with Crippen LogP contribution in [0.2, 0.25) is 0 Å². The number of amides is 1. The van der Waals surface area contributed by atoms with Gasteiger partial charge in [-0.15, -0.1) is 0 Å². The highest BCUT2D eigenvalue weighted by Gasteiger charge is 2.45. The van der Waals surface area contributed by atoms with Crippen molar-refractivity contribution in [1.29, 1.82) is 0 Å². The van der Waals surface area contributed by atoms with Crippen LogP contribution >= 0.6 is 0 Å². The van der Waals surface area contributed by atoms with Crippen molar-refractivity contribution in [1.82, 2.24) is 10.3 Å². The summed E-state index contributed by atoms with van der Waals surface area (Å²) in [7, 11) is 1.55. The molecule has 2 N–H and O–H groups in total. The van der Waals surface area contributed by atoms with Crippen molar-refractivity contribution in [2.45, 2.75) is 30.9 Å². The fraction of sp³-hybridized carbons (Fsp3) is 0.455. The Hall–Kier alpha value is -2.71. The summed E-state index contributed by atoms with van der Waals surface area (Å²) in [6, 6.07) is 8.04. The number of carbonyl (C=O) groups excluding carboxylic acids is 1. The Morgan fingerprint density at radius 3 is 2.97 bits per heavy atom. The molecule has 2 fully saturated rings. The summed E-state index contributed by atoms with van der Waals surface area (Å²) in [5, 5.41) is 12.4. The molecule has 2 aromatic rings. The first-order chi connectivity index (χ1) is 14.5. The van der Waals surface area contributed by atoms with Crippen molar-refractivity contribution in [2.75, 3.05) is 38.3 Å². The van der Waals surface area contributed by atoms with E-state index in [2.05, 4.69) is 15.2 Å². The molecule has 0 spiro atoms. The molecule has 1 aliphatic carbocycles. The monoisotopic (exact) mass is 415 g/mol. The van der Waals surface area contributed by atoms with Gasteiger partial charge in [-0.3, -0.25) is 9.78 Å². The summed E-state index contributed by atoms with van der Waals surface area (Å²) in [6.07, 6.45) is 3.52. The van der Waals surface area contributed by atoms with Gasteiger partial charge in [0.2, 0.25) is 0 Å². The number of carbonyl (C=O) groups is 1. The van der Waals surface area contributed by atoms with E-state index in [1.165, 1.54) is 12.1 Å². The molecule has 1 aliphatic heterocycles. The summed E-state index contributed by atoms with van der Waals surface area (Å²) >= 11 is 0. The van der Waals surface area contributed by atoms with E-state index < -0.39 is 5.54 Å². The second kappa shape index (κ2) is 8.57. The average molecular weight is 415 g/mol. The van der Waals surface area contributed by atoms with Crippen LogP contribution < -0.4 is 15.0 Å². The Bertz CT molecular complexity index is 919. The third-order valence-electron chi connectivity index (χ3n) is 5.69. The number of hydrogen-bond donors (Lipinski definition) is 2. The zero-order valence-electron chi connectivity index (χ0n) is 16.9. The number of nitrogens with zero attached hydrogens (tertiary/aromatic N) is 2. The molecular formula is C22H26FN3O4. The third kappa shape index (κ3) is 4.55. The number of ether oxygens (including phenoxy) is 2. The molecule has 8 heteroatoms. The molecule has 2 aliphatic rings. The molecule has 0 radical (unpaired) electrons. The van der Waals surface area contributed by atoms with Gasteiger partial charge in [0.25, 0.3) is 5.91 Å². The van der Waals surface area contributed by atoms with E-state index in [1.54, 1.807) is 25.4 Å². The molecule has 4 rings (SSSR count). The molecule has 1 atom stereocenters. The predicted molar refractivity (Wildman–Crippen MR) is 109 cm³/mol. The second-order valence-electron chi connectivity index (χ2n) is 7.89. The highest BCUT2D eigenvalue weighted by Crippen LogP contribution is 2.40. The van der Waals surface area contributed by atoms with Gasteiger partial charge in [0.1, 0.15) is 17.3 Å². The number of aliphatic hydroxyl groups excluding tert-OH is 1. The first-order valence-electron chi connectivity index (χ1n) is 10.1. The molecule has 1 saturated carbocycles. The van der Waals surface area contributed by atoms with Crippen molar-refractivity contribution in [2.24, 2.45) is 0 Å². The highest BCUT2D eigenvalue weighted by molar-refractivity contribution is 5.94. The van der Waals surface area contributed by atoms with Gasteiger partial charge in [0.15, 0.2) is 0 Å². The number of nitrogens with one attached hydrogen (secondary N) is 1. The number of rotatable bonds is 7. The van der Waals surface area contributed by atoms with Gasteiger partial charge >= 0.3 is 0 Å². The third-order valence-corrected chi connectivity index (χ3v) is 5.69. The minimum absolute atomic E-state index is 0.0407. The van der Waals surface area contributed by atoms with Gasteiger partial charge in [-0.25, -0.2) is 4.39 Å². The van der Waals surface area contributed by atoms with Gasteiger partial charge in [0, 0.05) is 30.5 Å². The van der Waals surface area contributed by atoms with Crippen molar-refractivity contribution in [3.05, 3.63) is 53.6 Å². The highest BCUT2D eigenvalue weighted by atomic mass is 19.1. The fourth-order valence-electron chi connectivity index (χ4n) is 3.86. The van der Waals surface area contributed by atoms with Crippen LogP contribution in [0.3, 0.4) is 0 Å². The van der Waals surface area contributed by atoms with Crippen LogP contribution in [0.1, 0.15) is 28.9 Å². The summed E-state index contributed by atoms with van der Waals surface area (Å²) in [5.74, 6) is 0.0356. The Balaban J connectivity index is 1.46. The number of methoxy groups -OCH3 is 1. The van der Waals surface area contributed by atoms with E-state index in [9.17, 15) is 14.3 Å². The number of benzene rings is 1. The SMILES string of the molecule is COc1ccc(F)cc1CC1(NC(=O)c2cc(N3CCO[C@@H](CO)C3)ccn2)CC1. The summed E-state index contributed by atoms with van der Waals surface area (Å²) in [6.45, 7) is 1.73. The number of aliphatic hydroxyl groups is 1. The Morgan fingerprint density at radius 2 is 2.23 bits per heavy atom.